The Morgan fingerprint density at radius 2 is 1.58 bits per heavy atom. The second kappa shape index (κ2) is 13.8. The first kappa shape index (κ1) is 28.9. The molecule has 2 aromatic carbocycles. The summed E-state index contributed by atoms with van der Waals surface area (Å²) in [4.78, 5) is 32.2. The summed E-state index contributed by atoms with van der Waals surface area (Å²) in [7, 11) is 1.87. The number of amides is 2. The van der Waals surface area contributed by atoms with Crippen molar-refractivity contribution in [3.63, 3.8) is 0 Å². The van der Waals surface area contributed by atoms with Crippen LogP contribution in [0, 0.1) is 0 Å². The van der Waals surface area contributed by atoms with Crippen molar-refractivity contribution in [3.05, 3.63) is 69.7 Å². The lowest BCUT2D eigenvalue weighted by Gasteiger charge is -2.43. The van der Waals surface area contributed by atoms with E-state index >= 15 is 0 Å². The largest absolute Gasteiger partial charge is 0.341 e. The van der Waals surface area contributed by atoms with Gasteiger partial charge in [0.25, 0.3) is 5.91 Å². The normalized spacial score (nSPS) is 18.2. The molecule has 4 rings (SSSR count). The molecule has 2 fully saturated rings. The van der Waals surface area contributed by atoms with Crippen molar-refractivity contribution in [1.29, 1.82) is 0 Å². The van der Waals surface area contributed by atoms with Gasteiger partial charge >= 0.3 is 0 Å². The van der Waals surface area contributed by atoms with Crippen molar-refractivity contribution in [2.24, 2.45) is 0 Å². The minimum atomic E-state index is 0.0171. The SMILES string of the molecule is CC(=O)N(C1CCCCC1)C1CCN(CCC(CN(C)C(=O)c2ccccc2)c2ccc(Cl)c(Cl)c2)CC1. The number of carbonyl (C=O) groups is 2. The molecule has 0 aromatic heterocycles. The summed E-state index contributed by atoms with van der Waals surface area (Å²) in [6.07, 6.45) is 9.05. The van der Waals surface area contributed by atoms with Crippen molar-refractivity contribution in [1.82, 2.24) is 14.7 Å². The molecule has 0 spiro atoms. The molecule has 2 amide bonds. The molecule has 1 saturated carbocycles. The van der Waals surface area contributed by atoms with Crippen LogP contribution in [0.4, 0.5) is 0 Å². The number of benzene rings is 2. The number of likely N-dealkylation sites (N-methyl/N-ethyl adjacent to an activating group) is 1. The topological polar surface area (TPSA) is 43.9 Å². The minimum absolute atomic E-state index is 0.0171. The zero-order valence-corrected chi connectivity index (χ0v) is 24.3. The summed E-state index contributed by atoms with van der Waals surface area (Å²) in [6, 6.07) is 16.0. The summed E-state index contributed by atoms with van der Waals surface area (Å²) < 4.78 is 0. The van der Waals surface area contributed by atoms with E-state index < -0.39 is 0 Å². The van der Waals surface area contributed by atoms with Crippen LogP contribution in [0.15, 0.2) is 48.5 Å². The van der Waals surface area contributed by atoms with Gasteiger partial charge in [0.15, 0.2) is 0 Å². The van der Waals surface area contributed by atoms with Gasteiger partial charge in [0.2, 0.25) is 5.91 Å². The molecule has 1 heterocycles. The highest BCUT2D eigenvalue weighted by Crippen LogP contribution is 2.31. The number of carbonyl (C=O) groups excluding carboxylic acids is 2. The second-order valence-corrected chi connectivity index (χ2v) is 11.8. The van der Waals surface area contributed by atoms with Gasteiger partial charge in [-0.15, -0.1) is 0 Å². The van der Waals surface area contributed by atoms with Crippen LogP contribution in [0.25, 0.3) is 0 Å². The van der Waals surface area contributed by atoms with Crippen LogP contribution < -0.4 is 0 Å². The Labute approximate surface area is 238 Å². The molecule has 38 heavy (non-hydrogen) atoms. The quantitative estimate of drug-likeness (QED) is 0.337. The zero-order chi connectivity index (χ0) is 27.1. The Morgan fingerprint density at radius 3 is 2.21 bits per heavy atom. The van der Waals surface area contributed by atoms with Crippen molar-refractivity contribution >= 4 is 35.0 Å². The molecule has 1 aliphatic carbocycles. The third-order valence-corrected chi connectivity index (χ3v) is 9.09. The maximum absolute atomic E-state index is 13.1. The Balaban J connectivity index is 1.38. The summed E-state index contributed by atoms with van der Waals surface area (Å²) in [5.41, 5.74) is 1.79. The lowest BCUT2D eigenvalue weighted by Crippen LogP contribution is -2.51. The van der Waals surface area contributed by atoms with Crippen molar-refractivity contribution < 1.29 is 9.59 Å². The van der Waals surface area contributed by atoms with Crippen LogP contribution >= 0.6 is 23.2 Å². The van der Waals surface area contributed by atoms with Gasteiger partial charge in [-0.25, -0.2) is 0 Å². The first-order valence-electron chi connectivity index (χ1n) is 14.1. The van der Waals surface area contributed by atoms with E-state index in [1.54, 1.807) is 6.92 Å². The molecule has 2 aromatic rings. The van der Waals surface area contributed by atoms with Crippen LogP contribution in [0.3, 0.4) is 0 Å². The number of piperidine rings is 1. The number of hydrogen-bond donors (Lipinski definition) is 0. The third-order valence-electron chi connectivity index (χ3n) is 8.35. The van der Waals surface area contributed by atoms with Gasteiger partial charge in [-0.1, -0.05) is 66.7 Å². The maximum atomic E-state index is 13.1. The second-order valence-electron chi connectivity index (χ2n) is 11.0. The molecular weight excluding hydrogens is 517 g/mol. The average molecular weight is 559 g/mol. The molecule has 1 saturated heterocycles. The van der Waals surface area contributed by atoms with Gasteiger partial charge < -0.3 is 14.7 Å². The maximum Gasteiger partial charge on any atom is 0.253 e. The third kappa shape index (κ3) is 7.52. The van der Waals surface area contributed by atoms with E-state index in [2.05, 4.69) is 9.80 Å². The van der Waals surface area contributed by atoms with E-state index in [0.29, 0.717) is 34.2 Å². The molecule has 0 radical (unpaired) electrons. The fourth-order valence-electron chi connectivity index (χ4n) is 6.28. The summed E-state index contributed by atoms with van der Waals surface area (Å²) >= 11 is 12.6. The smallest absolute Gasteiger partial charge is 0.253 e. The summed E-state index contributed by atoms with van der Waals surface area (Å²) in [6.45, 7) is 5.27. The molecular formula is C31H41Cl2N3O2. The Morgan fingerprint density at radius 1 is 0.921 bits per heavy atom. The van der Waals surface area contributed by atoms with Gasteiger partial charge in [-0.3, -0.25) is 9.59 Å². The van der Waals surface area contributed by atoms with Gasteiger partial charge in [-0.2, -0.15) is 0 Å². The molecule has 1 atom stereocenters. The van der Waals surface area contributed by atoms with Crippen LogP contribution in [0.1, 0.15) is 80.1 Å². The highest BCUT2D eigenvalue weighted by molar-refractivity contribution is 6.42. The Kier molecular flexibility index (Phi) is 10.5. The number of halogens is 2. The molecule has 0 bridgehead atoms. The molecule has 0 N–H and O–H groups in total. The van der Waals surface area contributed by atoms with E-state index in [0.717, 1.165) is 57.3 Å². The van der Waals surface area contributed by atoms with Gasteiger partial charge in [0, 0.05) is 57.2 Å². The van der Waals surface area contributed by atoms with E-state index in [1.165, 1.54) is 19.3 Å². The first-order valence-corrected chi connectivity index (χ1v) is 14.9. The number of likely N-dealkylation sites (tertiary alicyclic amines) is 1. The molecule has 2 aliphatic rings. The standard InChI is InChI=1S/C31H41Cl2N3O2/c1-23(37)36(27-11-7-4-8-12-27)28-16-19-35(20-17-28)18-15-26(25-13-14-29(32)30(33)21-25)22-34(2)31(38)24-9-5-3-6-10-24/h3,5-6,9-10,13-14,21,26-28H,4,7-8,11-12,15-20,22H2,1-2H3. The Bertz CT molecular complexity index is 1070. The molecule has 5 nitrogen and oxygen atoms in total. The molecule has 7 heteroatoms. The molecule has 1 unspecified atom stereocenters. The lowest BCUT2D eigenvalue weighted by molar-refractivity contribution is -0.135. The van der Waals surface area contributed by atoms with Gasteiger partial charge in [0.1, 0.15) is 0 Å². The van der Waals surface area contributed by atoms with E-state index in [9.17, 15) is 9.59 Å². The van der Waals surface area contributed by atoms with Crippen LogP contribution in [0.2, 0.25) is 10.0 Å². The number of hydrogen-bond acceptors (Lipinski definition) is 3. The van der Waals surface area contributed by atoms with Crippen molar-refractivity contribution in [3.8, 4) is 0 Å². The highest BCUT2D eigenvalue weighted by Gasteiger charge is 2.32. The average Bonchev–Trinajstić information content (AvgIpc) is 2.93. The van der Waals surface area contributed by atoms with Crippen molar-refractivity contribution in [2.75, 3.05) is 33.2 Å². The summed E-state index contributed by atoms with van der Waals surface area (Å²) in [5, 5.41) is 1.08. The van der Waals surface area contributed by atoms with Crippen molar-refractivity contribution in [2.45, 2.75) is 76.3 Å². The lowest BCUT2D eigenvalue weighted by atomic mass is 9.90. The fraction of sp³-hybridized carbons (Fsp3) is 0.548. The van der Waals surface area contributed by atoms with Gasteiger partial charge in [-0.05, 0) is 68.5 Å². The summed E-state index contributed by atoms with van der Waals surface area (Å²) in [5.74, 6) is 0.390. The zero-order valence-electron chi connectivity index (χ0n) is 22.8. The first-order chi connectivity index (χ1) is 18.3. The Hall–Kier alpha value is -2.08. The molecule has 206 valence electrons. The number of rotatable bonds is 9. The van der Waals surface area contributed by atoms with Gasteiger partial charge in [0.05, 0.1) is 10.0 Å². The van der Waals surface area contributed by atoms with E-state index in [1.807, 2.05) is 60.5 Å². The molecule has 1 aliphatic heterocycles. The highest BCUT2D eigenvalue weighted by atomic mass is 35.5. The van der Waals surface area contributed by atoms with Crippen LogP contribution in [-0.4, -0.2) is 71.8 Å². The minimum Gasteiger partial charge on any atom is -0.341 e. The number of nitrogens with zero attached hydrogens (tertiary/aromatic N) is 3. The van der Waals surface area contributed by atoms with Crippen LogP contribution in [-0.2, 0) is 4.79 Å². The van der Waals surface area contributed by atoms with Crippen LogP contribution in [0.5, 0.6) is 0 Å². The fourth-order valence-corrected chi connectivity index (χ4v) is 6.58. The van der Waals surface area contributed by atoms with E-state index in [4.69, 9.17) is 23.2 Å². The predicted molar refractivity (Wildman–Crippen MR) is 156 cm³/mol. The monoisotopic (exact) mass is 557 g/mol. The van der Waals surface area contributed by atoms with E-state index in [-0.39, 0.29) is 17.7 Å². The predicted octanol–water partition coefficient (Wildman–Crippen LogP) is 6.88.